The highest BCUT2D eigenvalue weighted by Crippen LogP contribution is 2.09. The second-order valence-corrected chi connectivity index (χ2v) is 5.00. The fourth-order valence-corrected chi connectivity index (χ4v) is 1.62. The molecule has 0 unspecified atom stereocenters. The number of benzene rings is 1. The molecule has 0 fully saturated rings. The highest BCUT2D eigenvalue weighted by atomic mass is 16.2. The van der Waals surface area contributed by atoms with Crippen LogP contribution in [0.2, 0.25) is 0 Å². The molecule has 3 amide bonds. The van der Waals surface area contributed by atoms with Crippen molar-refractivity contribution >= 4 is 17.6 Å². The number of nitrogens with one attached hydrogen (secondary N) is 3. The largest absolute Gasteiger partial charge is 0.352 e. The summed E-state index contributed by atoms with van der Waals surface area (Å²) >= 11 is 0. The Bertz CT molecular complexity index is 441. The first kappa shape index (κ1) is 16.0. The summed E-state index contributed by atoms with van der Waals surface area (Å²) in [5, 5.41) is 8.24. The van der Waals surface area contributed by atoms with E-state index in [-0.39, 0.29) is 11.9 Å². The molecule has 5 heteroatoms. The van der Waals surface area contributed by atoms with Crippen molar-refractivity contribution in [3.8, 4) is 0 Å². The van der Waals surface area contributed by atoms with Crippen LogP contribution >= 0.6 is 0 Å². The summed E-state index contributed by atoms with van der Waals surface area (Å²) in [5.74, 6) is 0.451. The first-order valence-electron chi connectivity index (χ1n) is 6.96. The number of urea groups is 1. The van der Waals surface area contributed by atoms with Crippen LogP contribution in [0.4, 0.5) is 10.5 Å². The fourth-order valence-electron chi connectivity index (χ4n) is 1.62. The van der Waals surface area contributed by atoms with E-state index in [0.717, 1.165) is 6.42 Å². The van der Waals surface area contributed by atoms with Crippen LogP contribution in [0.5, 0.6) is 0 Å². The number of anilines is 1. The summed E-state index contributed by atoms with van der Waals surface area (Å²) in [4.78, 5) is 23.2. The molecule has 0 aliphatic heterocycles. The van der Waals surface area contributed by atoms with Gasteiger partial charge in [0.25, 0.3) is 5.91 Å². The van der Waals surface area contributed by atoms with Crippen molar-refractivity contribution in [2.75, 3.05) is 18.4 Å². The van der Waals surface area contributed by atoms with Gasteiger partial charge in [-0.25, -0.2) is 4.79 Å². The van der Waals surface area contributed by atoms with Gasteiger partial charge in [0.1, 0.15) is 0 Å². The zero-order valence-corrected chi connectivity index (χ0v) is 12.3. The van der Waals surface area contributed by atoms with E-state index < -0.39 is 0 Å². The standard InChI is InChI=1S/C15H23N3O2/c1-4-16-14(19)12-5-7-13(8-6-12)18-15(20)17-10-9-11(2)3/h5-8,11H,4,9-10H2,1-3H3,(H,16,19)(H2,17,18,20). The monoisotopic (exact) mass is 277 g/mol. The number of hydrogen-bond donors (Lipinski definition) is 3. The molecule has 3 N–H and O–H groups in total. The molecule has 0 saturated heterocycles. The van der Waals surface area contributed by atoms with E-state index in [2.05, 4.69) is 29.8 Å². The van der Waals surface area contributed by atoms with E-state index in [4.69, 9.17) is 0 Å². The Hall–Kier alpha value is -2.04. The quantitative estimate of drug-likeness (QED) is 0.748. The van der Waals surface area contributed by atoms with Gasteiger partial charge in [-0.05, 0) is 43.5 Å². The van der Waals surface area contributed by atoms with Crippen LogP contribution in [0, 0.1) is 5.92 Å². The Morgan fingerprint density at radius 3 is 2.30 bits per heavy atom. The van der Waals surface area contributed by atoms with Crippen molar-refractivity contribution in [3.05, 3.63) is 29.8 Å². The van der Waals surface area contributed by atoms with Gasteiger partial charge in [0.15, 0.2) is 0 Å². The maximum Gasteiger partial charge on any atom is 0.319 e. The molecule has 0 aliphatic carbocycles. The summed E-state index contributed by atoms with van der Waals surface area (Å²) < 4.78 is 0. The van der Waals surface area contributed by atoms with Crippen LogP contribution in [-0.4, -0.2) is 25.0 Å². The van der Waals surface area contributed by atoms with Gasteiger partial charge in [0.05, 0.1) is 0 Å². The van der Waals surface area contributed by atoms with E-state index in [1.807, 2.05) is 6.92 Å². The predicted octanol–water partition coefficient (Wildman–Crippen LogP) is 2.60. The molecule has 0 radical (unpaired) electrons. The molecule has 1 rings (SSSR count). The third-order valence-electron chi connectivity index (χ3n) is 2.75. The van der Waals surface area contributed by atoms with E-state index in [1.54, 1.807) is 24.3 Å². The van der Waals surface area contributed by atoms with Crippen LogP contribution in [0.15, 0.2) is 24.3 Å². The third-order valence-corrected chi connectivity index (χ3v) is 2.75. The van der Waals surface area contributed by atoms with Gasteiger partial charge in [-0.15, -0.1) is 0 Å². The average molecular weight is 277 g/mol. The van der Waals surface area contributed by atoms with Crippen LogP contribution in [0.3, 0.4) is 0 Å². The Kier molecular flexibility index (Phi) is 6.56. The number of hydrogen-bond acceptors (Lipinski definition) is 2. The summed E-state index contributed by atoms with van der Waals surface area (Å²) in [6.45, 7) is 7.34. The van der Waals surface area contributed by atoms with E-state index in [9.17, 15) is 9.59 Å². The normalized spacial score (nSPS) is 10.2. The van der Waals surface area contributed by atoms with Gasteiger partial charge in [-0.2, -0.15) is 0 Å². The maximum absolute atomic E-state index is 11.6. The zero-order valence-electron chi connectivity index (χ0n) is 12.3. The molecular weight excluding hydrogens is 254 g/mol. The first-order valence-corrected chi connectivity index (χ1v) is 6.96. The topological polar surface area (TPSA) is 70.2 Å². The van der Waals surface area contributed by atoms with Crippen LogP contribution < -0.4 is 16.0 Å². The van der Waals surface area contributed by atoms with Crippen molar-refractivity contribution in [1.29, 1.82) is 0 Å². The molecule has 0 bridgehead atoms. The molecule has 0 atom stereocenters. The number of carbonyl (C=O) groups is 2. The van der Waals surface area contributed by atoms with Crippen LogP contribution in [-0.2, 0) is 0 Å². The summed E-state index contributed by atoms with van der Waals surface area (Å²) in [6.07, 6.45) is 0.948. The number of rotatable bonds is 6. The minimum atomic E-state index is -0.226. The van der Waals surface area contributed by atoms with Gasteiger partial charge in [-0.1, -0.05) is 13.8 Å². The summed E-state index contributed by atoms with van der Waals surface area (Å²) in [5.41, 5.74) is 1.25. The smallest absolute Gasteiger partial charge is 0.319 e. The van der Waals surface area contributed by atoms with Crippen molar-refractivity contribution < 1.29 is 9.59 Å². The Morgan fingerprint density at radius 2 is 1.75 bits per heavy atom. The Labute approximate surface area is 120 Å². The van der Waals surface area contributed by atoms with Gasteiger partial charge in [0, 0.05) is 24.3 Å². The summed E-state index contributed by atoms with van der Waals surface area (Å²) in [7, 11) is 0. The van der Waals surface area contributed by atoms with Gasteiger partial charge in [-0.3, -0.25) is 4.79 Å². The van der Waals surface area contributed by atoms with E-state index in [0.29, 0.717) is 30.3 Å². The molecule has 0 aromatic heterocycles. The molecule has 0 heterocycles. The molecule has 0 aliphatic rings. The highest BCUT2D eigenvalue weighted by molar-refractivity contribution is 5.95. The Balaban J connectivity index is 2.44. The SMILES string of the molecule is CCNC(=O)c1ccc(NC(=O)NCCC(C)C)cc1. The molecule has 5 nitrogen and oxygen atoms in total. The zero-order chi connectivity index (χ0) is 15.0. The number of carbonyl (C=O) groups excluding carboxylic acids is 2. The van der Waals surface area contributed by atoms with Crippen molar-refractivity contribution in [3.63, 3.8) is 0 Å². The van der Waals surface area contributed by atoms with E-state index >= 15 is 0 Å². The highest BCUT2D eigenvalue weighted by Gasteiger charge is 2.05. The third kappa shape index (κ3) is 5.73. The molecule has 0 saturated carbocycles. The maximum atomic E-state index is 11.6. The van der Waals surface area contributed by atoms with Gasteiger partial charge in [0.2, 0.25) is 0 Å². The molecular formula is C15H23N3O2. The van der Waals surface area contributed by atoms with Crippen LogP contribution in [0.1, 0.15) is 37.6 Å². The van der Waals surface area contributed by atoms with E-state index in [1.165, 1.54) is 0 Å². The lowest BCUT2D eigenvalue weighted by atomic mass is 10.1. The molecule has 1 aromatic rings. The Morgan fingerprint density at radius 1 is 1.10 bits per heavy atom. The lowest BCUT2D eigenvalue weighted by Crippen LogP contribution is -2.30. The van der Waals surface area contributed by atoms with Crippen molar-refractivity contribution in [1.82, 2.24) is 10.6 Å². The summed E-state index contributed by atoms with van der Waals surface area (Å²) in [6, 6.07) is 6.58. The lowest BCUT2D eigenvalue weighted by molar-refractivity contribution is 0.0956. The average Bonchev–Trinajstić information content (AvgIpc) is 2.39. The molecule has 20 heavy (non-hydrogen) atoms. The molecule has 110 valence electrons. The number of amides is 3. The van der Waals surface area contributed by atoms with Gasteiger partial charge < -0.3 is 16.0 Å². The van der Waals surface area contributed by atoms with Crippen molar-refractivity contribution in [2.45, 2.75) is 27.2 Å². The second-order valence-electron chi connectivity index (χ2n) is 5.00. The van der Waals surface area contributed by atoms with Crippen molar-refractivity contribution in [2.24, 2.45) is 5.92 Å². The van der Waals surface area contributed by atoms with Gasteiger partial charge >= 0.3 is 6.03 Å². The fraction of sp³-hybridized carbons (Fsp3) is 0.467. The molecule has 1 aromatic carbocycles. The predicted molar refractivity (Wildman–Crippen MR) is 80.9 cm³/mol. The second kappa shape index (κ2) is 8.19. The molecule has 0 spiro atoms. The lowest BCUT2D eigenvalue weighted by Gasteiger charge is -2.09. The van der Waals surface area contributed by atoms with Crippen LogP contribution in [0.25, 0.3) is 0 Å². The minimum Gasteiger partial charge on any atom is -0.352 e. The first-order chi connectivity index (χ1) is 9.52. The minimum absolute atomic E-state index is 0.111.